The molecule has 1 aliphatic heterocycles. The van der Waals surface area contributed by atoms with Crippen molar-refractivity contribution < 1.29 is 9.84 Å². The number of benzene rings is 2. The molecule has 0 saturated carbocycles. The molecular weight excluding hydrogens is 396 g/mol. The Labute approximate surface area is 177 Å². The summed E-state index contributed by atoms with van der Waals surface area (Å²) in [4.78, 5) is 18.3. The first kappa shape index (κ1) is 18.9. The number of hydrogen-bond acceptors (Lipinski definition) is 9. The fraction of sp³-hybridized carbons (Fsp3) is 0.190. The number of ether oxygens (including phenoxy) is 1. The lowest BCUT2D eigenvalue weighted by Gasteiger charge is -2.26. The van der Waals surface area contributed by atoms with Crippen molar-refractivity contribution in [2.75, 3.05) is 36.5 Å². The Kier molecular flexibility index (Phi) is 5.11. The van der Waals surface area contributed by atoms with Crippen LogP contribution in [0.5, 0.6) is 5.88 Å². The van der Waals surface area contributed by atoms with Crippen molar-refractivity contribution in [3.05, 3.63) is 54.6 Å². The molecule has 5 rings (SSSR count). The van der Waals surface area contributed by atoms with Crippen LogP contribution in [0, 0.1) is 0 Å². The maximum atomic E-state index is 10.2. The van der Waals surface area contributed by atoms with Crippen molar-refractivity contribution in [2.24, 2.45) is 10.2 Å². The minimum Gasteiger partial charge on any atom is -0.493 e. The van der Waals surface area contributed by atoms with Gasteiger partial charge < -0.3 is 25.0 Å². The van der Waals surface area contributed by atoms with Crippen molar-refractivity contribution in [2.45, 2.75) is 0 Å². The zero-order valence-corrected chi connectivity index (χ0v) is 16.6. The predicted octanol–water partition coefficient (Wildman–Crippen LogP) is 4.05. The highest BCUT2D eigenvalue weighted by Crippen LogP contribution is 2.35. The van der Waals surface area contributed by atoms with Crippen molar-refractivity contribution in [1.29, 1.82) is 0 Å². The fourth-order valence-electron chi connectivity index (χ4n) is 3.32. The number of para-hydroxylation sites is 2. The number of rotatable bonds is 5. The minimum absolute atomic E-state index is 0.0601. The Bertz CT molecular complexity index is 1220. The Morgan fingerprint density at radius 1 is 0.935 bits per heavy atom. The van der Waals surface area contributed by atoms with Crippen LogP contribution < -0.4 is 10.2 Å². The Balaban J connectivity index is 1.51. The average Bonchev–Trinajstić information content (AvgIpc) is 3.13. The maximum Gasteiger partial charge on any atom is 0.275 e. The van der Waals surface area contributed by atoms with Gasteiger partial charge in [0.05, 0.1) is 18.7 Å². The number of nitrogens with one attached hydrogen (secondary N) is 2. The van der Waals surface area contributed by atoms with E-state index in [-0.39, 0.29) is 11.8 Å². The molecule has 10 heteroatoms. The number of morpholine rings is 1. The van der Waals surface area contributed by atoms with E-state index >= 15 is 0 Å². The Hall–Kier alpha value is -4.05. The van der Waals surface area contributed by atoms with Gasteiger partial charge in [-0.25, -0.2) is 0 Å². The quantitative estimate of drug-likeness (QED) is 0.419. The summed E-state index contributed by atoms with van der Waals surface area (Å²) in [5.74, 6) is 0.934. The normalized spacial score (nSPS) is 14.4. The van der Waals surface area contributed by atoms with Crippen LogP contribution in [-0.4, -0.2) is 51.3 Å². The monoisotopic (exact) mass is 416 g/mol. The van der Waals surface area contributed by atoms with E-state index < -0.39 is 0 Å². The van der Waals surface area contributed by atoms with Crippen LogP contribution in [0.25, 0.3) is 10.9 Å². The molecule has 1 aliphatic rings. The standard InChI is InChI=1S/C21H20N8O2/c30-18-17(15-8-4-5-9-16(15)23-18)27-28-20-24-19(22-14-6-2-1-3-7-14)25-21(26-20)29-10-12-31-13-11-29/h1-9,23,30H,10-13H2,(H,22,24,25,26). The molecule has 0 unspecified atom stereocenters. The second-order valence-corrected chi connectivity index (χ2v) is 6.92. The number of H-pyrrole nitrogens is 1. The number of hydrogen-bond donors (Lipinski definition) is 3. The first-order chi connectivity index (χ1) is 15.3. The number of fused-ring (bicyclic) bond motifs is 1. The van der Waals surface area contributed by atoms with Crippen molar-refractivity contribution in [3.63, 3.8) is 0 Å². The van der Waals surface area contributed by atoms with E-state index in [1.54, 1.807) is 0 Å². The van der Waals surface area contributed by atoms with E-state index in [0.29, 0.717) is 43.9 Å². The SMILES string of the molecule is Oc1[nH]c2ccccc2c1N=Nc1nc(Nc2ccccc2)nc(N2CCOCC2)n1. The molecule has 0 atom stereocenters. The average molecular weight is 416 g/mol. The lowest BCUT2D eigenvalue weighted by atomic mass is 10.2. The molecule has 0 spiro atoms. The lowest BCUT2D eigenvalue weighted by Crippen LogP contribution is -2.37. The van der Waals surface area contributed by atoms with Crippen LogP contribution in [0.3, 0.4) is 0 Å². The van der Waals surface area contributed by atoms with E-state index in [9.17, 15) is 5.11 Å². The molecule has 1 saturated heterocycles. The molecule has 2 aromatic carbocycles. The predicted molar refractivity (Wildman–Crippen MR) is 117 cm³/mol. The molecular formula is C21H20N8O2. The first-order valence-corrected chi connectivity index (χ1v) is 9.88. The highest BCUT2D eigenvalue weighted by Gasteiger charge is 2.17. The molecule has 3 heterocycles. The van der Waals surface area contributed by atoms with Gasteiger partial charge in [0.15, 0.2) is 5.69 Å². The molecule has 2 aromatic heterocycles. The van der Waals surface area contributed by atoms with Crippen LogP contribution in [0.2, 0.25) is 0 Å². The van der Waals surface area contributed by atoms with Crippen LogP contribution in [0.15, 0.2) is 64.8 Å². The molecule has 156 valence electrons. The molecule has 0 amide bonds. The van der Waals surface area contributed by atoms with E-state index in [2.05, 4.69) is 35.5 Å². The molecule has 4 aromatic rings. The van der Waals surface area contributed by atoms with Gasteiger partial charge in [0.2, 0.25) is 17.8 Å². The molecule has 3 N–H and O–H groups in total. The molecule has 10 nitrogen and oxygen atoms in total. The molecule has 0 aliphatic carbocycles. The van der Waals surface area contributed by atoms with Crippen LogP contribution in [-0.2, 0) is 4.74 Å². The van der Waals surface area contributed by atoms with Crippen molar-refractivity contribution >= 4 is 40.1 Å². The molecule has 0 bridgehead atoms. The largest absolute Gasteiger partial charge is 0.493 e. The second kappa shape index (κ2) is 8.36. The second-order valence-electron chi connectivity index (χ2n) is 6.92. The van der Waals surface area contributed by atoms with E-state index in [4.69, 9.17) is 4.74 Å². The molecule has 31 heavy (non-hydrogen) atoms. The summed E-state index contributed by atoms with van der Waals surface area (Å²) in [6.07, 6.45) is 0. The number of azo groups is 1. The van der Waals surface area contributed by atoms with E-state index in [1.807, 2.05) is 59.5 Å². The van der Waals surface area contributed by atoms with Crippen LogP contribution in [0.1, 0.15) is 0 Å². The fourth-order valence-corrected chi connectivity index (χ4v) is 3.32. The molecule has 1 fully saturated rings. The van der Waals surface area contributed by atoms with Crippen LogP contribution >= 0.6 is 0 Å². The number of aromatic amines is 1. The Morgan fingerprint density at radius 2 is 1.71 bits per heavy atom. The lowest BCUT2D eigenvalue weighted by molar-refractivity contribution is 0.122. The van der Waals surface area contributed by atoms with Gasteiger partial charge in [-0.3, -0.25) is 0 Å². The first-order valence-electron chi connectivity index (χ1n) is 9.88. The summed E-state index contributed by atoms with van der Waals surface area (Å²) >= 11 is 0. The third-order valence-corrected chi connectivity index (χ3v) is 4.83. The van der Waals surface area contributed by atoms with Gasteiger partial charge in [0.1, 0.15) is 0 Å². The summed E-state index contributed by atoms with van der Waals surface area (Å²) in [5.41, 5.74) is 1.95. The summed E-state index contributed by atoms with van der Waals surface area (Å²) < 4.78 is 5.43. The number of anilines is 3. The van der Waals surface area contributed by atoms with Crippen molar-refractivity contribution in [1.82, 2.24) is 19.9 Å². The minimum atomic E-state index is -0.0601. The summed E-state index contributed by atoms with van der Waals surface area (Å²) in [6, 6.07) is 17.1. The van der Waals surface area contributed by atoms with Gasteiger partial charge in [-0.15, -0.1) is 10.2 Å². The van der Waals surface area contributed by atoms with Gasteiger partial charge in [-0.1, -0.05) is 36.4 Å². The Morgan fingerprint density at radius 3 is 2.55 bits per heavy atom. The summed E-state index contributed by atoms with van der Waals surface area (Å²) in [5, 5.41) is 22.6. The number of aromatic hydroxyl groups is 1. The number of aromatic nitrogens is 4. The summed E-state index contributed by atoms with van der Waals surface area (Å²) in [6.45, 7) is 2.56. The van der Waals surface area contributed by atoms with Gasteiger partial charge in [0.25, 0.3) is 5.95 Å². The van der Waals surface area contributed by atoms with E-state index in [0.717, 1.165) is 16.6 Å². The zero-order chi connectivity index (χ0) is 21.0. The van der Waals surface area contributed by atoms with Crippen molar-refractivity contribution in [3.8, 4) is 5.88 Å². The summed E-state index contributed by atoms with van der Waals surface area (Å²) in [7, 11) is 0. The van der Waals surface area contributed by atoms with Crippen LogP contribution in [0.4, 0.5) is 29.2 Å². The smallest absolute Gasteiger partial charge is 0.275 e. The van der Waals surface area contributed by atoms with E-state index in [1.165, 1.54) is 0 Å². The highest BCUT2D eigenvalue weighted by molar-refractivity contribution is 5.94. The van der Waals surface area contributed by atoms with Gasteiger partial charge >= 0.3 is 0 Å². The topological polar surface area (TPSA) is 124 Å². The van der Waals surface area contributed by atoms with Gasteiger partial charge in [-0.05, 0) is 18.2 Å². The third-order valence-electron chi connectivity index (χ3n) is 4.83. The molecule has 0 radical (unpaired) electrons. The number of nitrogens with zero attached hydrogens (tertiary/aromatic N) is 6. The van der Waals surface area contributed by atoms with Gasteiger partial charge in [0, 0.05) is 24.2 Å². The highest BCUT2D eigenvalue weighted by atomic mass is 16.5. The zero-order valence-electron chi connectivity index (χ0n) is 16.6. The third kappa shape index (κ3) is 4.14. The maximum absolute atomic E-state index is 10.2. The van der Waals surface area contributed by atoms with Gasteiger partial charge in [-0.2, -0.15) is 15.0 Å².